The number of hydrogen-bond donors (Lipinski definition) is 2. The van der Waals surface area contributed by atoms with E-state index in [0.29, 0.717) is 11.3 Å². The molecule has 2 aromatic rings. The zero-order valence-electron chi connectivity index (χ0n) is 13.8. The Balaban J connectivity index is 2.24. The zero-order chi connectivity index (χ0) is 20.2. The van der Waals surface area contributed by atoms with Crippen molar-refractivity contribution >= 4 is 27.1 Å². The lowest BCUT2D eigenvalue weighted by Crippen LogP contribution is -2.12. The molecule has 0 unspecified atom stereocenters. The topological polar surface area (TPSA) is 137 Å². The summed E-state index contributed by atoms with van der Waals surface area (Å²) >= 11 is 0. The molecule has 0 radical (unpaired) electrons. The molecule has 0 amide bonds. The molecule has 0 spiro atoms. The van der Waals surface area contributed by atoms with Gasteiger partial charge in [-0.05, 0) is 48.9 Å². The minimum Gasteiger partial charge on any atom is -0.435 e. The Morgan fingerprint density at radius 1 is 1.26 bits per heavy atom. The molecule has 3 N–H and O–H groups in total. The Kier molecular flexibility index (Phi) is 6.02. The third-order valence-corrected chi connectivity index (χ3v) is 4.25. The molecule has 0 saturated carbocycles. The van der Waals surface area contributed by atoms with Gasteiger partial charge < -0.3 is 4.74 Å². The summed E-state index contributed by atoms with van der Waals surface area (Å²) in [6, 6.07) is 8.69. The Morgan fingerprint density at radius 3 is 2.41 bits per heavy atom. The second-order valence-corrected chi connectivity index (χ2v) is 6.75. The molecule has 0 aliphatic carbocycles. The number of nitro groups is 1. The third-order valence-electron chi connectivity index (χ3n) is 3.34. The highest BCUT2D eigenvalue weighted by Crippen LogP contribution is 2.27. The Bertz CT molecular complexity index is 978. The first-order chi connectivity index (χ1) is 12.6. The molecule has 0 bridgehead atoms. The van der Waals surface area contributed by atoms with Gasteiger partial charge in [0.05, 0.1) is 15.5 Å². The maximum Gasteiger partial charge on any atom is 0.387 e. The van der Waals surface area contributed by atoms with Crippen LogP contribution < -0.4 is 15.3 Å². The summed E-state index contributed by atoms with van der Waals surface area (Å²) in [4.78, 5) is 9.96. The summed E-state index contributed by atoms with van der Waals surface area (Å²) < 4.78 is 51.1. The van der Waals surface area contributed by atoms with Gasteiger partial charge in [-0.1, -0.05) is 0 Å². The highest BCUT2D eigenvalue weighted by Gasteiger charge is 2.19. The first-order valence-corrected chi connectivity index (χ1v) is 8.79. The number of primary sulfonamides is 1. The summed E-state index contributed by atoms with van der Waals surface area (Å²) in [6.07, 6.45) is 0. The van der Waals surface area contributed by atoms with Gasteiger partial charge >= 0.3 is 6.61 Å². The molecular weight excluding hydrogens is 386 g/mol. The first kappa shape index (κ1) is 20.2. The van der Waals surface area contributed by atoms with E-state index in [2.05, 4.69) is 15.3 Å². The Morgan fingerprint density at radius 2 is 1.89 bits per heavy atom. The van der Waals surface area contributed by atoms with Crippen LogP contribution in [0.5, 0.6) is 5.75 Å². The van der Waals surface area contributed by atoms with Crippen molar-refractivity contribution in [3.63, 3.8) is 0 Å². The number of nitro benzene ring substituents is 1. The summed E-state index contributed by atoms with van der Waals surface area (Å²) in [5.41, 5.74) is 2.84. The van der Waals surface area contributed by atoms with Gasteiger partial charge in [0.1, 0.15) is 11.4 Å². The van der Waals surface area contributed by atoms with E-state index in [9.17, 15) is 27.3 Å². The average Bonchev–Trinajstić information content (AvgIpc) is 2.58. The van der Waals surface area contributed by atoms with Crippen molar-refractivity contribution in [3.8, 4) is 5.75 Å². The second kappa shape index (κ2) is 8.05. The van der Waals surface area contributed by atoms with Gasteiger partial charge in [-0.25, -0.2) is 13.6 Å². The number of nitrogens with two attached hydrogens (primary N) is 1. The lowest BCUT2D eigenvalue weighted by Gasteiger charge is -2.07. The second-order valence-electron chi connectivity index (χ2n) is 5.19. The van der Waals surface area contributed by atoms with Gasteiger partial charge in [-0.15, -0.1) is 0 Å². The quantitative estimate of drug-likeness (QED) is 0.416. The summed E-state index contributed by atoms with van der Waals surface area (Å²) in [7, 11) is -4.10. The molecule has 0 aliphatic heterocycles. The minimum atomic E-state index is -4.10. The number of halogens is 2. The maximum absolute atomic E-state index is 12.1. The predicted molar refractivity (Wildman–Crippen MR) is 93.4 cm³/mol. The van der Waals surface area contributed by atoms with Crippen molar-refractivity contribution in [2.24, 2.45) is 10.2 Å². The number of hydrazone groups is 1. The van der Waals surface area contributed by atoms with Crippen LogP contribution in [0.2, 0.25) is 0 Å². The smallest absolute Gasteiger partial charge is 0.387 e. The molecule has 0 aliphatic rings. The third kappa shape index (κ3) is 5.43. The van der Waals surface area contributed by atoms with E-state index in [1.165, 1.54) is 24.3 Å². The fourth-order valence-electron chi connectivity index (χ4n) is 2.02. The van der Waals surface area contributed by atoms with Crippen LogP contribution in [-0.4, -0.2) is 25.7 Å². The zero-order valence-corrected chi connectivity index (χ0v) is 14.6. The molecule has 0 fully saturated rings. The molecule has 144 valence electrons. The van der Waals surface area contributed by atoms with Crippen LogP contribution in [-0.2, 0) is 10.0 Å². The number of nitrogens with one attached hydrogen (secondary N) is 1. The normalized spacial score (nSPS) is 12.1. The van der Waals surface area contributed by atoms with Gasteiger partial charge in [0.2, 0.25) is 10.0 Å². The monoisotopic (exact) mass is 400 g/mol. The van der Waals surface area contributed by atoms with Crippen LogP contribution in [0, 0.1) is 10.1 Å². The van der Waals surface area contributed by atoms with Crippen LogP contribution in [0.15, 0.2) is 52.5 Å². The van der Waals surface area contributed by atoms with Crippen LogP contribution >= 0.6 is 0 Å². The Labute approximate surface area is 152 Å². The van der Waals surface area contributed by atoms with Crippen LogP contribution in [0.4, 0.5) is 20.2 Å². The molecule has 2 aromatic carbocycles. The van der Waals surface area contributed by atoms with Gasteiger partial charge in [0, 0.05) is 6.07 Å². The lowest BCUT2D eigenvalue weighted by molar-refractivity contribution is -0.384. The fraction of sp³-hybridized carbons (Fsp3) is 0.133. The van der Waals surface area contributed by atoms with Gasteiger partial charge in [0.25, 0.3) is 5.69 Å². The van der Waals surface area contributed by atoms with Crippen molar-refractivity contribution in [1.29, 1.82) is 0 Å². The number of sulfonamides is 1. The minimum absolute atomic E-state index is 0.0243. The van der Waals surface area contributed by atoms with Gasteiger partial charge in [-0.3, -0.25) is 15.5 Å². The molecule has 2 rings (SSSR count). The van der Waals surface area contributed by atoms with Gasteiger partial charge in [0.15, 0.2) is 0 Å². The van der Waals surface area contributed by atoms with Crippen molar-refractivity contribution in [2.75, 3.05) is 5.43 Å². The van der Waals surface area contributed by atoms with Crippen molar-refractivity contribution in [2.45, 2.75) is 18.4 Å². The number of hydrogen-bond acceptors (Lipinski definition) is 7. The van der Waals surface area contributed by atoms with E-state index >= 15 is 0 Å². The number of alkyl halides is 2. The Hall–Kier alpha value is -3.12. The average molecular weight is 400 g/mol. The van der Waals surface area contributed by atoms with Crippen LogP contribution in [0.3, 0.4) is 0 Å². The predicted octanol–water partition coefficient (Wildman–Crippen LogP) is 2.68. The highest BCUT2D eigenvalue weighted by molar-refractivity contribution is 7.89. The van der Waals surface area contributed by atoms with E-state index in [1.54, 1.807) is 6.92 Å². The first-order valence-electron chi connectivity index (χ1n) is 7.24. The molecule has 27 heavy (non-hydrogen) atoms. The number of nitrogens with zero attached hydrogens (tertiary/aromatic N) is 2. The van der Waals surface area contributed by atoms with Gasteiger partial charge in [-0.2, -0.15) is 13.9 Å². The van der Waals surface area contributed by atoms with E-state index in [1.807, 2.05) is 0 Å². The fourth-order valence-corrected chi connectivity index (χ4v) is 2.55. The van der Waals surface area contributed by atoms with Crippen molar-refractivity contribution in [3.05, 3.63) is 58.1 Å². The summed E-state index contributed by atoms with van der Waals surface area (Å²) in [5.74, 6) is -0.0243. The van der Waals surface area contributed by atoms with Crippen molar-refractivity contribution < 1.29 is 26.9 Å². The summed E-state index contributed by atoms with van der Waals surface area (Å²) in [6.45, 7) is -1.35. The largest absolute Gasteiger partial charge is 0.435 e. The molecule has 0 saturated heterocycles. The molecule has 0 heterocycles. The van der Waals surface area contributed by atoms with E-state index < -0.39 is 32.1 Å². The lowest BCUT2D eigenvalue weighted by atomic mass is 10.1. The number of anilines is 1. The highest BCUT2D eigenvalue weighted by atomic mass is 32.2. The molecular formula is C15H14F2N4O5S. The molecule has 9 nitrogen and oxygen atoms in total. The molecule has 0 aromatic heterocycles. The standard InChI is InChI=1S/C15H14F2N4O5S/c1-9(10-2-4-11(5-3-10)26-15(16)17)19-20-13-7-6-12(27(18,24)25)8-14(13)21(22)23/h2-8,15,20H,1H3,(H2,18,24,25)/b19-9-. The van der Waals surface area contributed by atoms with Crippen molar-refractivity contribution in [1.82, 2.24) is 0 Å². The van der Waals surface area contributed by atoms with Crippen LogP contribution in [0.25, 0.3) is 0 Å². The molecule has 12 heteroatoms. The SMILES string of the molecule is C/C(=N/Nc1ccc(S(N)(=O)=O)cc1[N+](=O)[O-])c1ccc(OC(F)F)cc1. The van der Waals surface area contributed by atoms with E-state index in [-0.39, 0.29) is 11.4 Å². The molecule has 0 atom stereocenters. The van der Waals surface area contributed by atoms with E-state index in [0.717, 1.165) is 18.2 Å². The van der Waals surface area contributed by atoms with E-state index in [4.69, 9.17) is 5.14 Å². The number of benzene rings is 2. The van der Waals surface area contributed by atoms with Crippen LogP contribution in [0.1, 0.15) is 12.5 Å². The maximum atomic E-state index is 12.1. The summed E-state index contributed by atoms with van der Waals surface area (Å²) in [5, 5.41) is 20.1. The number of rotatable bonds is 7. The number of ether oxygens (including phenoxy) is 1.